The first-order valence-corrected chi connectivity index (χ1v) is 8.45. The van der Waals surface area contributed by atoms with E-state index in [0.29, 0.717) is 5.88 Å². The van der Waals surface area contributed by atoms with Crippen molar-refractivity contribution in [1.29, 1.82) is 0 Å². The molecule has 5 nitrogen and oxygen atoms in total. The van der Waals surface area contributed by atoms with Gasteiger partial charge in [-0.15, -0.1) is 0 Å². The van der Waals surface area contributed by atoms with E-state index in [9.17, 15) is 8.42 Å². The van der Waals surface area contributed by atoms with Crippen LogP contribution in [0.5, 0.6) is 5.88 Å². The topological polar surface area (TPSA) is 68.3 Å². The van der Waals surface area contributed by atoms with Crippen LogP contribution in [-0.2, 0) is 16.6 Å². The lowest BCUT2D eigenvalue weighted by molar-refractivity contribution is 0.397. The van der Waals surface area contributed by atoms with Gasteiger partial charge >= 0.3 is 0 Å². The monoisotopic (exact) mass is 370 g/mol. The number of nitrogens with one attached hydrogen (secondary N) is 1. The fourth-order valence-electron chi connectivity index (χ4n) is 1.72. The molecule has 0 radical (unpaired) electrons. The summed E-state index contributed by atoms with van der Waals surface area (Å²) < 4.78 is 32.9. The molecule has 0 aliphatic rings. The first-order chi connectivity index (χ1) is 9.92. The van der Waals surface area contributed by atoms with Crippen molar-refractivity contribution < 1.29 is 13.2 Å². The molecule has 1 aromatic carbocycles. The van der Waals surface area contributed by atoms with Crippen LogP contribution in [-0.4, -0.2) is 20.5 Å². The molecule has 0 aliphatic carbocycles. The molecule has 2 aromatic rings. The molecule has 0 amide bonds. The first-order valence-electron chi connectivity index (χ1n) is 6.17. The summed E-state index contributed by atoms with van der Waals surface area (Å²) in [6, 6.07) is 8.33. The van der Waals surface area contributed by atoms with E-state index in [1.165, 1.54) is 7.11 Å². The molecule has 0 spiro atoms. The summed E-state index contributed by atoms with van der Waals surface area (Å²) in [4.78, 5) is 4.22. The Hall–Kier alpha value is -1.44. The van der Waals surface area contributed by atoms with Gasteiger partial charge in [0.05, 0.1) is 12.0 Å². The van der Waals surface area contributed by atoms with Crippen LogP contribution in [0.3, 0.4) is 0 Å². The van der Waals surface area contributed by atoms with E-state index in [0.717, 1.165) is 15.6 Å². The fourth-order valence-corrected chi connectivity index (χ4v) is 3.07. The summed E-state index contributed by atoms with van der Waals surface area (Å²) in [7, 11) is -2.03. The van der Waals surface area contributed by atoms with Crippen LogP contribution in [0.2, 0.25) is 0 Å². The highest BCUT2D eigenvalue weighted by Gasteiger charge is 2.14. The van der Waals surface area contributed by atoms with E-state index < -0.39 is 10.0 Å². The predicted octanol–water partition coefficient (Wildman–Crippen LogP) is 2.64. The van der Waals surface area contributed by atoms with Crippen LogP contribution in [0.4, 0.5) is 0 Å². The highest BCUT2D eigenvalue weighted by Crippen LogP contribution is 2.20. The number of methoxy groups -OCH3 is 1. The van der Waals surface area contributed by atoms with Crippen molar-refractivity contribution in [3.05, 3.63) is 52.1 Å². The summed E-state index contributed by atoms with van der Waals surface area (Å²) in [6.07, 6.45) is 1.58. The van der Waals surface area contributed by atoms with Crippen molar-refractivity contribution in [2.75, 3.05) is 7.11 Å². The molecule has 1 aromatic heterocycles. The van der Waals surface area contributed by atoms with Gasteiger partial charge in [0.1, 0.15) is 0 Å². The third kappa shape index (κ3) is 4.03. The number of halogens is 1. The van der Waals surface area contributed by atoms with Gasteiger partial charge in [-0.1, -0.05) is 15.9 Å². The maximum Gasteiger partial charge on any atom is 0.240 e. The lowest BCUT2D eigenvalue weighted by Gasteiger charge is -2.09. The van der Waals surface area contributed by atoms with Gasteiger partial charge in [0.25, 0.3) is 0 Å². The van der Waals surface area contributed by atoms with E-state index in [1.54, 1.807) is 36.5 Å². The van der Waals surface area contributed by atoms with Crippen LogP contribution in [0.1, 0.15) is 11.1 Å². The second kappa shape index (κ2) is 6.55. The van der Waals surface area contributed by atoms with Gasteiger partial charge in [0.2, 0.25) is 15.9 Å². The molecule has 0 saturated heterocycles. The molecule has 0 aliphatic heterocycles. The van der Waals surface area contributed by atoms with E-state index in [2.05, 4.69) is 25.6 Å². The predicted molar refractivity (Wildman–Crippen MR) is 83.7 cm³/mol. The number of aryl methyl sites for hydroxylation is 1. The van der Waals surface area contributed by atoms with Gasteiger partial charge in [-0.3, -0.25) is 0 Å². The highest BCUT2D eigenvalue weighted by atomic mass is 79.9. The number of ether oxygens (including phenoxy) is 1. The van der Waals surface area contributed by atoms with Crippen molar-refractivity contribution >= 4 is 26.0 Å². The number of nitrogens with zero attached hydrogens (tertiary/aromatic N) is 1. The lowest BCUT2D eigenvalue weighted by Crippen LogP contribution is -2.23. The molecule has 0 fully saturated rings. The Kier molecular flexibility index (Phi) is 4.97. The standard InChI is InChI=1S/C14H15BrN2O3S/c1-10-7-12(3-4-13(10)15)21(18,19)17-9-11-5-6-16-14(8-11)20-2/h3-8,17H,9H2,1-2H3. The van der Waals surface area contributed by atoms with E-state index in [1.807, 2.05) is 6.92 Å². The number of aromatic nitrogens is 1. The smallest absolute Gasteiger partial charge is 0.240 e. The minimum Gasteiger partial charge on any atom is -0.481 e. The zero-order chi connectivity index (χ0) is 15.5. The largest absolute Gasteiger partial charge is 0.481 e. The normalized spacial score (nSPS) is 11.4. The second-order valence-electron chi connectivity index (χ2n) is 4.44. The average molecular weight is 371 g/mol. The lowest BCUT2D eigenvalue weighted by atomic mass is 10.2. The number of hydrogen-bond acceptors (Lipinski definition) is 4. The number of sulfonamides is 1. The fraction of sp³-hybridized carbons (Fsp3) is 0.214. The minimum atomic E-state index is -3.55. The van der Waals surface area contributed by atoms with Crippen molar-refractivity contribution in [2.45, 2.75) is 18.4 Å². The molecule has 1 N–H and O–H groups in total. The Balaban J connectivity index is 2.15. The Morgan fingerprint density at radius 2 is 2.05 bits per heavy atom. The van der Waals surface area contributed by atoms with Crippen LogP contribution < -0.4 is 9.46 Å². The summed E-state index contributed by atoms with van der Waals surface area (Å²) in [5, 5.41) is 0. The number of hydrogen-bond donors (Lipinski definition) is 1. The first kappa shape index (κ1) is 15.9. The maximum atomic E-state index is 12.3. The molecule has 2 rings (SSSR count). The number of benzene rings is 1. The third-order valence-electron chi connectivity index (χ3n) is 2.91. The Morgan fingerprint density at radius 3 is 2.71 bits per heavy atom. The SMILES string of the molecule is COc1cc(CNS(=O)(=O)c2ccc(Br)c(C)c2)ccn1. The van der Waals surface area contributed by atoms with E-state index in [4.69, 9.17) is 4.74 Å². The maximum absolute atomic E-state index is 12.3. The van der Waals surface area contributed by atoms with Crippen LogP contribution >= 0.6 is 15.9 Å². The van der Waals surface area contributed by atoms with Crippen molar-refractivity contribution in [2.24, 2.45) is 0 Å². The van der Waals surface area contributed by atoms with E-state index in [-0.39, 0.29) is 11.4 Å². The summed E-state index contributed by atoms with van der Waals surface area (Å²) >= 11 is 3.35. The van der Waals surface area contributed by atoms with Crippen molar-refractivity contribution in [3.8, 4) is 5.88 Å². The Bertz CT molecular complexity index is 748. The van der Waals surface area contributed by atoms with Crippen LogP contribution in [0, 0.1) is 6.92 Å². The zero-order valence-corrected chi connectivity index (χ0v) is 14.0. The molecule has 0 bridgehead atoms. The summed E-state index contributed by atoms with van der Waals surface area (Å²) in [5.41, 5.74) is 1.64. The van der Waals surface area contributed by atoms with Gasteiger partial charge < -0.3 is 4.74 Å². The number of pyridine rings is 1. The van der Waals surface area contributed by atoms with E-state index >= 15 is 0 Å². The zero-order valence-electron chi connectivity index (χ0n) is 11.6. The number of rotatable bonds is 5. The van der Waals surface area contributed by atoms with Crippen molar-refractivity contribution in [3.63, 3.8) is 0 Å². The van der Waals surface area contributed by atoms with Gasteiger partial charge in [-0.2, -0.15) is 0 Å². The second-order valence-corrected chi connectivity index (χ2v) is 7.06. The summed E-state index contributed by atoms with van der Waals surface area (Å²) in [5.74, 6) is 0.450. The molecular formula is C14H15BrN2O3S. The minimum absolute atomic E-state index is 0.177. The molecule has 21 heavy (non-hydrogen) atoms. The molecule has 0 atom stereocenters. The van der Waals surface area contributed by atoms with Gasteiger partial charge in [-0.05, 0) is 42.3 Å². The quantitative estimate of drug-likeness (QED) is 0.878. The van der Waals surface area contributed by atoms with Crippen LogP contribution in [0.15, 0.2) is 45.9 Å². The van der Waals surface area contributed by atoms with Gasteiger partial charge in [-0.25, -0.2) is 18.1 Å². The average Bonchev–Trinajstić information content (AvgIpc) is 2.48. The Labute approximate surface area is 132 Å². The summed E-state index contributed by atoms with van der Waals surface area (Å²) in [6.45, 7) is 2.02. The van der Waals surface area contributed by atoms with Crippen molar-refractivity contribution in [1.82, 2.24) is 9.71 Å². The molecule has 0 unspecified atom stereocenters. The molecule has 112 valence electrons. The van der Waals surface area contributed by atoms with Crippen LogP contribution in [0.25, 0.3) is 0 Å². The van der Waals surface area contributed by atoms with Gasteiger partial charge in [0.15, 0.2) is 0 Å². The molecular weight excluding hydrogens is 356 g/mol. The molecule has 7 heteroatoms. The highest BCUT2D eigenvalue weighted by molar-refractivity contribution is 9.10. The molecule has 0 saturated carbocycles. The molecule has 1 heterocycles. The Morgan fingerprint density at radius 1 is 1.29 bits per heavy atom. The van der Waals surface area contributed by atoms with Gasteiger partial charge in [0, 0.05) is 23.3 Å². The third-order valence-corrected chi connectivity index (χ3v) is 5.20.